The van der Waals surface area contributed by atoms with Gasteiger partial charge < -0.3 is 19.5 Å². The molecule has 0 bridgehead atoms. The van der Waals surface area contributed by atoms with E-state index in [1.165, 1.54) is 17.5 Å². The number of carbonyl (C=O) groups excluding carboxylic acids is 1. The van der Waals surface area contributed by atoms with Crippen LogP contribution in [-0.4, -0.2) is 63.6 Å². The first kappa shape index (κ1) is 24.2. The van der Waals surface area contributed by atoms with Crippen molar-refractivity contribution in [2.75, 3.05) is 33.4 Å². The van der Waals surface area contributed by atoms with Gasteiger partial charge in [-0.3, -0.25) is 0 Å². The molecule has 8 heteroatoms. The molecule has 0 radical (unpaired) electrons. The third-order valence-electron chi connectivity index (χ3n) is 6.96. The van der Waals surface area contributed by atoms with Gasteiger partial charge in [-0.25, -0.2) is 9.78 Å². The molecule has 2 aromatic carbocycles. The monoisotopic (exact) mass is 486 g/mol. The molecule has 0 atom stereocenters. The van der Waals surface area contributed by atoms with Crippen LogP contribution in [0.15, 0.2) is 67.3 Å². The van der Waals surface area contributed by atoms with Crippen molar-refractivity contribution in [3.63, 3.8) is 0 Å². The second kappa shape index (κ2) is 11.5. The van der Waals surface area contributed by atoms with Crippen LogP contribution in [0.5, 0.6) is 0 Å². The number of rotatable bonds is 9. The van der Waals surface area contributed by atoms with Gasteiger partial charge in [0.25, 0.3) is 0 Å². The Bertz CT molecular complexity index is 1280. The molecular formula is C28H34N6O2. The van der Waals surface area contributed by atoms with Gasteiger partial charge in [-0.1, -0.05) is 42.5 Å². The van der Waals surface area contributed by atoms with Gasteiger partial charge in [0.2, 0.25) is 0 Å². The molecule has 0 aliphatic carbocycles. The van der Waals surface area contributed by atoms with Crippen LogP contribution in [0.1, 0.15) is 25.0 Å². The minimum absolute atomic E-state index is 0.146. The van der Waals surface area contributed by atoms with E-state index in [9.17, 15) is 4.79 Å². The highest BCUT2D eigenvalue weighted by molar-refractivity contribution is 5.95. The molecule has 5 rings (SSSR count). The number of hydrogen-bond acceptors (Lipinski definition) is 5. The molecule has 36 heavy (non-hydrogen) atoms. The van der Waals surface area contributed by atoms with E-state index >= 15 is 0 Å². The van der Waals surface area contributed by atoms with Gasteiger partial charge >= 0.3 is 6.03 Å². The smallest absolute Gasteiger partial charge is 0.345 e. The summed E-state index contributed by atoms with van der Waals surface area (Å²) in [6.45, 7) is 4.72. The zero-order valence-electron chi connectivity index (χ0n) is 20.8. The summed E-state index contributed by atoms with van der Waals surface area (Å²) in [5.41, 5.74) is 2.85. The number of nitrogens with zero attached hydrogens (tertiary/aromatic N) is 5. The summed E-state index contributed by atoms with van der Waals surface area (Å²) in [5, 5.41) is 10.4. The molecule has 3 heterocycles. The molecule has 4 aromatic rings. The van der Waals surface area contributed by atoms with Crippen LogP contribution in [0, 0.1) is 5.92 Å². The van der Waals surface area contributed by atoms with Gasteiger partial charge in [0.15, 0.2) is 0 Å². The Kier molecular flexibility index (Phi) is 7.73. The largest absolute Gasteiger partial charge is 0.385 e. The summed E-state index contributed by atoms with van der Waals surface area (Å²) in [5.74, 6) is 0.631. The van der Waals surface area contributed by atoms with E-state index in [2.05, 4.69) is 44.2 Å². The van der Waals surface area contributed by atoms with E-state index in [0.29, 0.717) is 25.6 Å². The Hall–Kier alpha value is -3.49. The van der Waals surface area contributed by atoms with E-state index < -0.39 is 0 Å². The highest BCUT2D eigenvalue weighted by Crippen LogP contribution is 2.27. The molecule has 0 spiro atoms. The summed E-state index contributed by atoms with van der Waals surface area (Å²) >= 11 is 0. The average Bonchev–Trinajstić information content (AvgIpc) is 3.58. The number of amides is 1. The van der Waals surface area contributed by atoms with Crippen LogP contribution in [0.4, 0.5) is 4.79 Å². The number of benzene rings is 2. The van der Waals surface area contributed by atoms with Gasteiger partial charge in [-0.05, 0) is 55.1 Å². The summed E-state index contributed by atoms with van der Waals surface area (Å²) in [6.07, 6.45) is 8.61. The normalized spacial score (nSPS) is 14.4. The third-order valence-corrected chi connectivity index (χ3v) is 6.96. The van der Waals surface area contributed by atoms with Gasteiger partial charge in [0, 0.05) is 44.8 Å². The average molecular weight is 487 g/mol. The number of imidazole rings is 1. The topological polar surface area (TPSA) is 77.2 Å². The number of methoxy groups -OCH3 is 1. The maximum Gasteiger partial charge on any atom is 0.345 e. The van der Waals surface area contributed by atoms with Gasteiger partial charge in [-0.15, -0.1) is 0 Å². The number of nitrogens with one attached hydrogen (secondary N) is 1. The van der Waals surface area contributed by atoms with Crippen LogP contribution < -0.4 is 5.32 Å². The lowest BCUT2D eigenvalue weighted by molar-refractivity contribution is 0.164. The van der Waals surface area contributed by atoms with E-state index in [0.717, 1.165) is 53.8 Å². The van der Waals surface area contributed by atoms with E-state index in [4.69, 9.17) is 4.74 Å². The molecule has 8 nitrogen and oxygen atoms in total. The van der Waals surface area contributed by atoms with Crippen LogP contribution in [0.25, 0.3) is 22.0 Å². The Morgan fingerprint density at radius 2 is 1.97 bits per heavy atom. The van der Waals surface area contributed by atoms with Crippen molar-refractivity contribution < 1.29 is 9.53 Å². The standard InChI is InChI=1S/C28H34N6O2/c1-36-17-5-15-32(20-24-18-30-21-33(24)19-22-10-13-29-14-11-22)28(35)34-16-12-27(31-34)26-9-4-7-23-6-2-3-8-25(23)26/h2-4,6-9,12,16,18,21-22,29H,5,10-11,13-15,17,19-20H2,1H3. The van der Waals surface area contributed by atoms with Crippen molar-refractivity contribution in [2.45, 2.75) is 32.4 Å². The molecule has 0 unspecified atom stereocenters. The van der Waals surface area contributed by atoms with Crippen molar-refractivity contribution in [1.82, 2.24) is 29.5 Å². The van der Waals surface area contributed by atoms with E-state index in [-0.39, 0.29) is 6.03 Å². The molecule has 2 aromatic heterocycles. The van der Waals surface area contributed by atoms with Crippen molar-refractivity contribution in [2.24, 2.45) is 5.92 Å². The number of hydrogen-bond donors (Lipinski definition) is 1. The van der Waals surface area contributed by atoms with Crippen molar-refractivity contribution in [3.8, 4) is 11.3 Å². The van der Waals surface area contributed by atoms with E-state index in [1.807, 2.05) is 41.7 Å². The minimum Gasteiger partial charge on any atom is -0.385 e. The molecular weight excluding hydrogens is 452 g/mol. The van der Waals surface area contributed by atoms with Crippen molar-refractivity contribution in [1.29, 1.82) is 0 Å². The van der Waals surface area contributed by atoms with Crippen LogP contribution in [-0.2, 0) is 17.8 Å². The molecule has 0 saturated carbocycles. The maximum absolute atomic E-state index is 13.6. The fourth-order valence-corrected chi connectivity index (χ4v) is 4.99. The minimum atomic E-state index is -0.146. The molecule has 1 aliphatic heterocycles. The van der Waals surface area contributed by atoms with E-state index in [1.54, 1.807) is 13.3 Å². The summed E-state index contributed by atoms with van der Waals surface area (Å²) in [7, 11) is 1.68. The lowest BCUT2D eigenvalue weighted by Crippen LogP contribution is -2.36. The van der Waals surface area contributed by atoms with Crippen molar-refractivity contribution >= 4 is 16.8 Å². The number of aromatic nitrogens is 4. The Balaban J connectivity index is 1.36. The maximum atomic E-state index is 13.6. The first-order valence-electron chi connectivity index (χ1n) is 12.7. The zero-order valence-corrected chi connectivity index (χ0v) is 20.8. The first-order chi connectivity index (χ1) is 17.7. The van der Waals surface area contributed by atoms with Crippen molar-refractivity contribution in [3.05, 3.63) is 72.9 Å². The molecule has 1 aliphatic rings. The van der Waals surface area contributed by atoms with Gasteiger partial charge in [-0.2, -0.15) is 9.78 Å². The third kappa shape index (κ3) is 5.50. The predicted molar refractivity (Wildman–Crippen MR) is 141 cm³/mol. The lowest BCUT2D eigenvalue weighted by Gasteiger charge is -2.26. The lowest BCUT2D eigenvalue weighted by atomic mass is 9.98. The SMILES string of the molecule is COCCCN(Cc1cncn1CC1CCNCC1)C(=O)n1ccc(-c2cccc3ccccc23)n1. The highest BCUT2D eigenvalue weighted by atomic mass is 16.5. The quantitative estimate of drug-likeness (QED) is 0.355. The molecule has 1 N–H and O–H groups in total. The highest BCUT2D eigenvalue weighted by Gasteiger charge is 2.21. The fourth-order valence-electron chi connectivity index (χ4n) is 4.99. The van der Waals surface area contributed by atoms with Gasteiger partial charge in [0.1, 0.15) is 0 Å². The second-order valence-electron chi connectivity index (χ2n) is 9.45. The number of ether oxygens (including phenoxy) is 1. The fraction of sp³-hybridized carbons (Fsp3) is 0.393. The van der Waals surface area contributed by atoms with Gasteiger partial charge in [0.05, 0.1) is 24.3 Å². The number of piperidine rings is 1. The Labute approximate surface area is 211 Å². The summed E-state index contributed by atoms with van der Waals surface area (Å²) < 4.78 is 8.92. The molecule has 1 amide bonds. The summed E-state index contributed by atoms with van der Waals surface area (Å²) in [6, 6.07) is 16.2. The molecule has 1 fully saturated rings. The van der Waals surface area contributed by atoms with Crippen LogP contribution >= 0.6 is 0 Å². The Morgan fingerprint density at radius 3 is 2.83 bits per heavy atom. The molecule has 1 saturated heterocycles. The molecule has 188 valence electrons. The predicted octanol–water partition coefficient (Wildman–Crippen LogP) is 4.41. The summed E-state index contributed by atoms with van der Waals surface area (Å²) in [4.78, 5) is 19.9. The van der Waals surface area contributed by atoms with Crippen LogP contribution in [0.3, 0.4) is 0 Å². The second-order valence-corrected chi connectivity index (χ2v) is 9.45. The zero-order chi connectivity index (χ0) is 24.7. The van der Waals surface area contributed by atoms with Crippen LogP contribution in [0.2, 0.25) is 0 Å². The number of fused-ring (bicyclic) bond motifs is 1. The number of carbonyl (C=O) groups is 1. The Morgan fingerprint density at radius 1 is 1.14 bits per heavy atom. The first-order valence-corrected chi connectivity index (χ1v) is 12.7.